The van der Waals surface area contributed by atoms with Crippen molar-refractivity contribution in [1.82, 2.24) is 20.3 Å². The van der Waals surface area contributed by atoms with E-state index in [1.54, 1.807) is 0 Å². The number of carbonyl (C=O) groups is 3. The van der Waals surface area contributed by atoms with E-state index in [0.717, 1.165) is 76.7 Å². The van der Waals surface area contributed by atoms with E-state index < -0.39 is 29.6 Å². The summed E-state index contributed by atoms with van der Waals surface area (Å²) in [4.78, 5) is 46.9. The molecule has 60 heavy (non-hydrogen) atoms. The number of aliphatic hydroxyl groups excluding tert-OH is 1. The van der Waals surface area contributed by atoms with Crippen LogP contribution in [0.1, 0.15) is 140 Å². The van der Waals surface area contributed by atoms with Gasteiger partial charge >= 0.3 is 11.9 Å². The first-order valence-electron chi connectivity index (χ1n) is 21.0. The highest BCUT2D eigenvalue weighted by Gasteiger charge is 2.62. The maximum absolute atomic E-state index is 12.9. The van der Waals surface area contributed by atoms with Crippen LogP contribution in [0.3, 0.4) is 0 Å². The summed E-state index contributed by atoms with van der Waals surface area (Å²) < 4.78 is 6.30. The zero-order valence-electron chi connectivity index (χ0n) is 35.8. The first kappa shape index (κ1) is 43.9. The van der Waals surface area contributed by atoms with Crippen LogP contribution in [0.4, 0.5) is 0 Å². The predicted octanol–water partition coefficient (Wildman–Crippen LogP) is 7.68. The Balaban J connectivity index is 1.42. The minimum atomic E-state index is -0.998. The molecule has 3 aromatic heterocycles. The van der Waals surface area contributed by atoms with Gasteiger partial charge in [-0.15, -0.1) is 0 Å². The standard InChI is InChI=1S/C49H60N4O7/c1-8-33-31(6)38-23-43-48(44(55)17-11-16-30(5)15-10-14-29(4)13-9-12-28(2)3)49(27-60-49)45(53-43)25-42-36(26-54)35(19-21-47(58)59)41(52-42)24-40-34(18-20-46(56)57)32(7)37(51-40)22-39(33)50-38/h8,12,14,16,22-26,44,48,50-53,55H,1,9-11,13,15,17-21,27H2,2-7H3,(H,56,57)(H,58,59)/b29-14-,30-16+,37-22-,40-24-,43-23-,45-25-/t44-,48?,49-/m0/s1. The van der Waals surface area contributed by atoms with Crippen molar-refractivity contribution in [3.05, 3.63) is 120 Å². The van der Waals surface area contributed by atoms with Gasteiger partial charge in [-0.1, -0.05) is 47.6 Å². The number of aliphatic carboxylic acids is 2. The quantitative estimate of drug-likeness (QED) is 0.0388. The SMILES string of the molecule is C=Cc1c2[nH]c(c1C)/C=C1\N/C(=C\c3[nH]c(c(CCC(=O)O)c3C=O)/C=c3\[nH]/c(c(C)c3CCC(=O)O)=C\2)[C@@]2(CO2)C1[C@@H](O)CC/C=C(\C)CC/C=C(/C)CCC=C(C)C. The molecule has 0 aliphatic carbocycles. The number of carbonyl (C=O) groups excluding carboxylic acids is 1. The number of aromatic nitrogens is 3. The zero-order valence-corrected chi connectivity index (χ0v) is 35.8. The van der Waals surface area contributed by atoms with Gasteiger partial charge in [-0.25, -0.2) is 0 Å². The minimum Gasteiger partial charge on any atom is -0.481 e. The molecular formula is C49H60N4O7. The Morgan fingerprint density at radius 1 is 0.783 bits per heavy atom. The number of hydrogen-bond acceptors (Lipinski definition) is 6. The van der Waals surface area contributed by atoms with E-state index in [4.69, 9.17) is 4.74 Å². The first-order valence-corrected chi connectivity index (χ1v) is 21.0. The van der Waals surface area contributed by atoms with Gasteiger partial charge in [0.05, 0.1) is 30.0 Å². The molecule has 7 N–H and O–H groups in total. The Kier molecular flexibility index (Phi) is 13.7. The number of fused-ring (bicyclic) bond motifs is 9. The molecule has 0 amide bonds. The molecule has 2 saturated heterocycles. The second-order valence-corrected chi connectivity index (χ2v) is 16.8. The third-order valence-electron chi connectivity index (χ3n) is 12.2. The van der Waals surface area contributed by atoms with E-state index in [2.05, 4.69) is 72.8 Å². The Hall–Kier alpha value is -5.65. The van der Waals surface area contributed by atoms with Gasteiger partial charge in [0.15, 0.2) is 6.29 Å². The summed E-state index contributed by atoms with van der Waals surface area (Å²) >= 11 is 0. The fraction of sp³-hybridized carbons (Fsp3) is 0.408. The van der Waals surface area contributed by atoms with Crippen LogP contribution in [-0.4, -0.2) is 66.8 Å². The number of allylic oxidation sites excluding steroid dienone is 6. The lowest BCUT2D eigenvalue weighted by Gasteiger charge is -2.22. The molecule has 3 aliphatic heterocycles. The topological polar surface area (TPSA) is 184 Å². The fourth-order valence-electron chi connectivity index (χ4n) is 8.71. The highest BCUT2D eigenvalue weighted by atomic mass is 16.6. The molecule has 3 atom stereocenters. The van der Waals surface area contributed by atoms with E-state index >= 15 is 0 Å². The first-order chi connectivity index (χ1) is 28.6. The van der Waals surface area contributed by atoms with Crippen LogP contribution in [0, 0.1) is 19.8 Å². The smallest absolute Gasteiger partial charge is 0.303 e. The van der Waals surface area contributed by atoms with Crippen LogP contribution in [-0.2, 0) is 27.2 Å². The predicted molar refractivity (Wildman–Crippen MR) is 238 cm³/mol. The fourth-order valence-corrected chi connectivity index (χ4v) is 8.71. The Morgan fingerprint density at radius 3 is 2.00 bits per heavy atom. The number of ether oxygens (including phenoxy) is 1. The van der Waals surface area contributed by atoms with E-state index in [1.165, 1.54) is 16.7 Å². The number of carboxylic acids is 2. The van der Waals surface area contributed by atoms with Gasteiger partial charge in [0.25, 0.3) is 0 Å². The van der Waals surface area contributed by atoms with E-state index in [1.807, 2.05) is 44.2 Å². The van der Waals surface area contributed by atoms with E-state index in [-0.39, 0.29) is 25.7 Å². The molecule has 318 valence electrons. The Morgan fingerprint density at radius 2 is 1.38 bits per heavy atom. The van der Waals surface area contributed by atoms with Gasteiger partial charge in [0.2, 0.25) is 0 Å². The van der Waals surface area contributed by atoms with Crippen LogP contribution < -0.4 is 16.0 Å². The Bertz CT molecular complexity index is 2450. The molecule has 0 aromatic carbocycles. The lowest BCUT2D eigenvalue weighted by Crippen LogP contribution is -2.32. The largest absolute Gasteiger partial charge is 0.481 e. The van der Waals surface area contributed by atoms with Gasteiger partial charge in [-0.3, -0.25) is 14.4 Å². The van der Waals surface area contributed by atoms with Crippen molar-refractivity contribution in [3.8, 4) is 0 Å². The maximum Gasteiger partial charge on any atom is 0.303 e. The van der Waals surface area contributed by atoms with Gasteiger partial charge in [-0.2, -0.15) is 0 Å². The normalized spacial score (nSPS) is 21.7. The summed E-state index contributed by atoms with van der Waals surface area (Å²) in [6, 6.07) is 0. The molecule has 8 bridgehead atoms. The summed E-state index contributed by atoms with van der Waals surface area (Å²) in [5.74, 6) is -2.37. The zero-order chi connectivity index (χ0) is 43.3. The van der Waals surface area contributed by atoms with Crippen LogP contribution in [0.25, 0.3) is 30.4 Å². The molecule has 6 rings (SSSR count). The maximum atomic E-state index is 12.9. The van der Waals surface area contributed by atoms with E-state index in [0.29, 0.717) is 53.0 Å². The Labute approximate surface area is 352 Å². The number of aliphatic hydroxyl groups is 1. The summed E-state index contributed by atoms with van der Waals surface area (Å²) in [7, 11) is 0. The minimum absolute atomic E-state index is 0.0882. The lowest BCUT2D eigenvalue weighted by molar-refractivity contribution is -0.138. The molecule has 0 radical (unpaired) electrons. The monoisotopic (exact) mass is 816 g/mol. The van der Waals surface area contributed by atoms with Crippen molar-refractivity contribution < 1.29 is 34.4 Å². The van der Waals surface area contributed by atoms with Crippen LogP contribution in [0.2, 0.25) is 0 Å². The average Bonchev–Trinajstić information content (AvgIpc) is 3.58. The number of nitrogens with one attached hydrogen (secondary N) is 4. The van der Waals surface area contributed by atoms with Crippen molar-refractivity contribution in [3.63, 3.8) is 0 Å². The highest BCUT2D eigenvalue weighted by molar-refractivity contribution is 5.87. The second-order valence-electron chi connectivity index (χ2n) is 16.8. The molecule has 1 unspecified atom stereocenters. The summed E-state index contributed by atoms with van der Waals surface area (Å²) in [6.07, 6.45) is 21.6. The molecule has 3 aromatic rings. The number of rotatable bonds is 18. The summed E-state index contributed by atoms with van der Waals surface area (Å²) in [6.45, 7) is 17.0. The third-order valence-corrected chi connectivity index (χ3v) is 12.2. The number of carboxylic acid groups (broad SMARTS) is 2. The molecule has 11 nitrogen and oxygen atoms in total. The number of epoxide rings is 1. The molecule has 1 spiro atoms. The average molecular weight is 817 g/mol. The lowest BCUT2D eigenvalue weighted by atomic mass is 9.84. The van der Waals surface area contributed by atoms with Crippen LogP contribution in [0.15, 0.2) is 52.9 Å². The molecule has 6 heterocycles. The van der Waals surface area contributed by atoms with Crippen LogP contribution in [0.5, 0.6) is 0 Å². The summed E-state index contributed by atoms with van der Waals surface area (Å²) in [5.41, 5.74) is 11.7. The number of hydrogen-bond donors (Lipinski definition) is 7. The van der Waals surface area contributed by atoms with Gasteiger partial charge in [0.1, 0.15) is 5.60 Å². The van der Waals surface area contributed by atoms with E-state index in [9.17, 15) is 29.7 Å². The third kappa shape index (κ3) is 9.69. The van der Waals surface area contributed by atoms with Gasteiger partial charge < -0.3 is 40.3 Å². The van der Waals surface area contributed by atoms with Crippen molar-refractivity contribution in [2.75, 3.05) is 6.61 Å². The van der Waals surface area contributed by atoms with Crippen LogP contribution >= 0.6 is 0 Å². The second kappa shape index (κ2) is 18.7. The molecule has 2 fully saturated rings. The molecule has 0 saturated carbocycles. The number of aromatic amines is 3. The summed E-state index contributed by atoms with van der Waals surface area (Å²) in [5, 5.41) is 36.4. The highest BCUT2D eigenvalue weighted by Crippen LogP contribution is 2.52. The number of H-pyrrole nitrogens is 3. The van der Waals surface area contributed by atoms with Crippen molar-refractivity contribution in [2.45, 2.75) is 117 Å². The van der Waals surface area contributed by atoms with Crippen molar-refractivity contribution >= 4 is 48.6 Å². The van der Waals surface area contributed by atoms with Gasteiger partial charge in [-0.05, 0) is 139 Å². The molecule has 11 heteroatoms. The number of aldehydes is 1. The van der Waals surface area contributed by atoms with Crippen molar-refractivity contribution in [1.29, 1.82) is 0 Å². The van der Waals surface area contributed by atoms with Crippen molar-refractivity contribution in [2.24, 2.45) is 5.92 Å². The van der Waals surface area contributed by atoms with Gasteiger partial charge in [0, 0.05) is 57.4 Å². The molecule has 3 aliphatic rings. The molecular weight excluding hydrogens is 757 g/mol.